The normalized spacial score (nSPS) is 18.2. The first kappa shape index (κ1) is 17.6. The maximum absolute atomic E-state index is 12.2. The fourth-order valence-electron chi connectivity index (χ4n) is 3.05. The van der Waals surface area contributed by atoms with Gasteiger partial charge in [0, 0.05) is 25.8 Å². The molecule has 1 aliphatic rings. The Hall–Kier alpha value is -2.25. The van der Waals surface area contributed by atoms with Crippen molar-refractivity contribution in [1.82, 2.24) is 20.4 Å². The Morgan fingerprint density at radius 2 is 2.24 bits per heavy atom. The molecule has 1 aromatic heterocycles. The monoisotopic (exact) mass is 344 g/mol. The Bertz CT molecular complexity index is 674. The summed E-state index contributed by atoms with van der Waals surface area (Å²) in [6, 6.07) is 9.76. The number of carbonyl (C=O) groups is 1. The average Bonchev–Trinajstić information content (AvgIpc) is 3.11. The van der Waals surface area contributed by atoms with E-state index in [4.69, 9.17) is 9.26 Å². The lowest BCUT2D eigenvalue weighted by atomic mass is 9.97. The summed E-state index contributed by atoms with van der Waals surface area (Å²) in [4.78, 5) is 18.9. The zero-order valence-electron chi connectivity index (χ0n) is 14.5. The molecule has 2 heterocycles. The first-order chi connectivity index (χ1) is 12.3. The van der Waals surface area contributed by atoms with E-state index in [0.717, 1.165) is 24.9 Å². The average molecular weight is 344 g/mol. The molecule has 1 aromatic carbocycles. The van der Waals surface area contributed by atoms with Gasteiger partial charge in [-0.05, 0) is 19.4 Å². The predicted molar refractivity (Wildman–Crippen MR) is 92.6 cm³/mol. The van der Waals surface area contributed by atoms with Gasteiger partial charge in [-0.25, -0.2) is 0 Å². The molecule has 1 N–H and O–H groups in total. The van der Waals surface area contributed by atoms with E-state index in [1.54, 1.807) is 7.11 Å². The van der Waals surface area contributed by atoms with Crippen LogP contribution in [0.15, 0.2) is 34.9 Å². The summed E-state index contributed by atoms with van der Waals surface area (Å²) in [7, 11) is 1.63. The number of aromatic nitrogens is 2. The van der Waals surface area contributed by atoms with Gasteiger partial charge >= 0.3 is 0 Å². The van der Waals surface area contributed by atoms with Gasteiger partial charge < -0.3 is 14.6 Å². The zero-order chi connectivity index (χ0) is 17.5. The largest absolute Gasteiger partial charge is 0.383 e. The van der Waals surface area contributed by atoms with E-state index in [1.165, 1.54) is 0 Å². The summed E-state index contributed by atoms with van der Waals surface area (Å²) in [5.74, 6) is 1.28. The van der Waals surface area contributed by atoms with Gasteiger partial charge in [-0.15, -0.1) is 0 Å². The van der Waals surface area contributed by atoms with Crippen LogP contribution in [-0.2, 0) is 16.1 Å². The Labute approximate surface area is 147 Å². The molecule has 0 saturated carbocycles. The van der Waals surface area contributed by atoms with Crippen molar-refractivity contribution in [2.75, 3.05) is 33.4 Å². The molecule has 7 nitrogen and oxygen atoms in total. The minimum atomic E-state index is 0.00196. The summed E-state index contributed by atoms with van der Waals surface area (Å²) < 4.78 is 10.3. The van der Waals surface area contributed by atoms with Crippen LogP contribution in [0.4, 0.5) is 0 Å². The van der Waals surface area contributed by atoms with Gasteiger partial charge in [0.2, 0.25) is 17.6 Å². The molecule has 1 atom stereocenters. The molecule has 7 heteroatoms. The van der Waals surface area contributed by atoms with Gasteiger partial charge in [-0.3, -0.25) is 9.69 Å². The molecular weight excluding hydrogens is 320 g/mol. The number of piperidine rings is 1. The minimum Gasteiger partial charge on any atom is -0.383 e. The van der Waals surface area contributed by atoms with Gasteiger partial charge in [0.25, 0.3) is 0 Å². The van der Waals surface area contributed by atoms with Crippen LogP contribution in [0.25, 0.3) is 11.4 Å². The minimum absolute atomic E-state index is 0.00196. The van der Waals surface area contributed by atoms with Gasteiger partial charge in [-0.2, -0.15) is 4.98 Å². The van der Waals surface area contributed by atoms with Crippen molar-refractivity contribution in [3.63, 3.8) is 0 Å². The number of nitrogens with zero attached hydrogens (tertiary/aromatic N) is 3. The van der Waals surface area contributed by atoms with Crippen molar-refractivity contribution >= 4 is 5.91 Å². The number of amides is 1. The summed E-state index contributed by atoms with van der Waals surface area (Å²) in [6.07, 6.45) is 1.90. The lowest BCUT2D eigenvalue weighted by Crippen LogP contribution is -2.43. The van der Waals surface area contributed by atoms with Gasteiger partial charge in [0.1, 0.15) is 0 Å². The summed E-state index contributed by atoms with van der Waals surface area (Å²) in [6.45, 7) is 3.30. The highest BCUT2D eigenvalue weighted by molar-refractivity contribution is 5.78. The van der Waals surface area contributed by atoms with E-state index in [9.17, 15) is 4.79 Å². The van der Waals surface area contributed by atoms with Crippen molar-refractivity contribution < 1.29 is 14.1 Å². The second-order valence-corrected chi connectivity index (χ2v) is 6.24. The molecule has 1 unspecified atom stereocenters. The molecule has 3 rings (SSSR count). The van der Waals surface area contributed by atoms with Crippen LogP contribution in [-0.4, -0.2) is 54.3 Å². The van der Waals surface area contributed by atoms with E-state index in [0.29, 0.717) is 38.0 Å². The van der Waals surface area contributed by atoms with Crippen LogP contribution >= 0.6 is 0 Å². The fraction of sp³-hybridized carbons (Fsp3) is 0.500. The number of carbonyl (C=O) groups excluding carboxylic acids is 1. The van der Waals surface area contributed by atoms with Crippen molar-refractivity contribution in [2.45, 2.75) is 19.4 Å². The number of ether oxygens (including phenoxy) is 1. The van der Waals surface area contributed by atoms with Crippen LogP contribution in [0.5, 0.6) is 0 Å². The van der Waals surface area contributed by atoms with Crippen molar-refractivity contribution in [1.29, 1.82) is 0 Å². The molecule has 1 amide bonds. The van der Waals surface area contributed by atoms with Crippen LogP contribution in [0.3, 0.4) is 0 Å². The number of hydrogen-bond acceptors (Lipinski definition) is 6. The Morgan fingerprint density at radius 1 is 1.40 bits per heavy atom. The van der Waals surface area contributed by atoms with Crippen LogP contribution in [0.2, 0.25) is 0 Å². The Balaban J connectivity index is 1.54. The van der Waals surface area contributed by atoms with Crippen LogP contribution in [0.1, 0.15) is 18.7 Å². The quantitative estimate of drug-likeness (QED) is 0.770. The molecule has 2 aromatic rings. The third kappa shape index (κ3) is 4.87. The number of nitrogens with one attached hydrogen (secondary N) is 1. The number of hydrogen-bond donors (Lipinski definition) is 1. The molecule has 1 fully saturated rings. The molecular formula is C18H24N4O3. The third-order valence-corrected chi connectivity index (χ3v) is 4.34. The van der Waals surface area contributed by atoms with E-state index in [1.807, 2.05) is 30.3 Å². The standard InChI is InChI=1S/C18H24N4O3/c1-24-11-9-19-18(23)15-8-5-10-22(12-15)13-16-20-17(21-25-16)14-6-3-2-4-7-14/h2-4,6-7,15H,5,8-13H2,1H3,(H,19,23). The molecule has 0 spiro atoms. The number of rotatable bonds is 7. The number of benzene rings is 1. The highest BCUT2D eigenvalue weighted by Gasteiger charge is 2.26. The molecule has 0 aliphatic carbocycles. The predicted octanol–water partition coefficient (Wildman–Crippen LogP) is 1.71. The van der Waals surface area contributed by atoms with Gasteiger partial charge in [-0.1, -0.05) is 35.5 Å². The maximum atomic E-state index is 12.2. The van der Waals surface area contributed by atoms with Crippen molar-refractivity contribution in [3.05, 3.63) is 36.2 Å². The highest BCUT2D eigenvalue weighted by atomic mass is 16.5. The fourth-order valence-corrected chi connectivity index (χ4v) is 3.05. The van der Waals surface area contributed by atoms with E-state index >= 15 is 0 Å². The topological polar surface area (TPSA) is 80.5 Å². The zero-order valence-corrected chi connectivity index (χ0v) is 14.5. The highest BCUT2D eigenvalue weighted by Crippen LogP contribution is 2.20. The second kappa shape index (κ2) is 8.73. The van der Waals surface area contributed by atoms with Crippen LogP contribution < -0.4 is 5.32 Å². The van der Waals surface area contributed by atoms with Crippen molar-refractivity contribution in [3.8, 4) is 11.4 Å². The molecule has 1 aliphatic heterocycles. The maximum Gasteiger partial charge on any atom is 0.241 e. The molecule has 0 radical (unpaired) electrons. The van der Waals surface area contributed by atoms with E-state index in [-0.39, 0.29) is 11.8 Å². The molecule has 0 bridgehead atoms. The lowest BCUT2D eigenvalue weighted by Gasteiger charge is -2.30. The summed E-state index contributed by atoms with van der Waals surface area (Å²) >= 11 is 0. The molecule has 25 heavy (non-hydrogen) atoms. The SMILES string of the molecule is COCCNC(=O)C1CCCN(Cc2nc(-c3ccccc3)no2)C1. The van der Waals surface area contributed by atoms with Crippen LogP contribution in [0, 0.1) is 5.92 Å². The summed E-state index contributed by atoms with van der Waals surface area (Å²) in [5, 5.41) is 6.97. The number of likely N-dealkylation sites (tertiary alicyclic amines) is 1. The first-order valence-electron chi connectivity index (χ1n) is 8.63. The molecule has 1 saturated heterocycles. The lowest BCUT2D eigenvalue weighted by molar-refractivity contribution is -0.127. The first-order valence-corrected chi connectivity index (χ1v) is 8.63. The Kier molecular flexibility index (Phi) is 6.14. The van der Waals surface area contributed by atoms with E-state index in [2.05, 4.69) is 20.4 Å². The summed E-state index contributed by atoms with van der Waals surface area (Å²) in [5.41, 5.74) is 0.937. The van der Waals surface area contributed by atoms with Crippen molar-refractivity contribution in [2.24, 2.45) is 5.92 Å². The second-order valence-electron chi connectivity index (χ2n) is 6.24. The van der Waals surface area contributed by atoms with Gasteiger partial charge in [0.15, 0.2) is 0 Å². The smallest absolute Gasteiger partial charge is 0.241 e. The Morgan fingerprint density at radius 3 is 3.04 bits per heavy atom. The third-order valence-electron chi connectivity index (χ3n) is 4.34. The van der Waals surface area contributed by atoms with E-state index < -0.39 is 0 Å². The van der Waals surface area contributed by atoms with Gasteiger partial charge in [0.05, 0.1) is 19.1 Å². The molecule has 134 valence electrons. The number of methoxy groups -OCH3 is 1.